The van der Waals surface area contributed by atoms with Gasteiger partial charge in [-0.1, -0.05) is 13.3 Å². The molecule has 1 fully saturated rings. The van der Waals surface area contributed by atoms with Crippen molar-refractivity contribution in [1.82, 2.24) is 5.32 Å². The van der Waals surface area contributed by atoms with Gasteiger partial charge in [0.25, 0.3) is 0 Å². The van der Waals surface area contributed by atoms with Gasteiger partial charge in [-0.3, -0.25) is 9.59 Å². The lowest BCUT2D eigenvalue weighted by Gasteiger charge is -2.15. The summed E-state index contributed by atoms with van der Waals surface area (Å²) in [5.41, 5.74) is 0. The van der Waals surface area contributed by atoms with Crippen LogP contribution in [-0.4, -0.2) is 36.2 Å². The average Bonchev–Trinajstić information content (AvgIpc) is 2.62. The summed E-state index contributed by atoms with van der Waals surface area (Å²) in [5, 5.41) is 11.5. The number of aliphatic carboxylic acids is 1. The number of nitrogens with one attached hydrogen (secondary N) is 1. The summed E-state index contributed by atoms with van der Waals surface area (Å²) in [7, 11) is 0. The van der Waals surface area contributed by atoms with Gasteiger partial charge in [0.1, 0.15) is 5.92 Å². The normalized spacial score (nSPS) is 25.1. The Kier molecular flexibility index (Phi) is 4.55. The van der Waals surface area contributed by atoms with Gasteiger partial charge >= 0.3 is 5.97 Å². The molecule has 5 nitrogen and oxygen atoms in total. The molecule has 1 aliphatic rings. The zero-order chi connectivity index (χ0) is 11.3. The van der Waals surface area contributed by atoms with Crippen molar-refractivity contribution >= 4 is 11.9 Å². The van der Waals surface area contributed by atoms with Crippen molar-refractivity contribution in [3.63, 3.8) is 0 Å². The molecule has 0 bridgehead atoms. The van der Waals surface area contributed by atoms with E-state index in [9.17, 15) is 9.59 Å². The standard InChI is InChI=1S/C10H17NO4/c1-2-3-4-9(12)11-8-6-15-5-7(8)10(13)14/h7-8H,2-6H2,1H3,(H,11,12)(H,13,14). The number of carboxylic acids is 1. The maximum absolute atomic E-state index is 11.4. The molecule has 0 aromatic carbocycles. The van der Waals surface area contributed by atoms with Gasteiger partial charge in [-0.2, -0.15) is 0 Å². The van der Waals surface area contributed by atoms with E-state index in [-0.39, 0.29) is 18.6 Å². The van der Waals surface area contributed by atoms with Crippen LogP contribution in [-0.2, 0) is 14.3 Å². The lowest BCUT2D eigenvalue weighted by molar-refractivity contribution is -0.142. The van der Waals surface area contributed by atoms with E-state index in [0.29, 0.717) is 13.0 Å². The molecular formula is C10H17NO4. The first-order chi connectivity index (χ1) is 7.15. The maximum atomic E-state index is 11.4. The van der Waals surface area contributed by atoms with E-state index < -0.39 is 11.9 Å². The third-order valence-corrected chi connectivity index (χ3v) is 2.50. The fraction of sp³-hybridized carbons (Fsp3) is 0.800. The van der Waals surface area contributed by atoms with Crippen molar-refractivity contribution in [3.05, 3.63) is 0 Å². The summed E-state index contributed by atoms with van der Waals surface area (Å²) in [5.74, 6) is -1.59. The molecule has 0 aromatic rings. The van der Waals surface area contributed by atoms with E-state index in [0.717, 1.165) is 12.8 Å². The van der Waals surface area contributed by atoms with Gasteiger partial charge in [-0.15, -0.1) is 0 Å². The van der Waals surface area contributed by atoms with E-state index >= 15 is 0 Å². The number of hydrogen-bond donors (Lipinski definition) is 2. The minimum atomic E-state index is -0.909. The second kappa shape index (κ2) is 5.70. The second-order valence-corrected chi connectivity index (χ2v) is 3.76. The number of carboxylic acid groups (broad SMARTS) is 1. The van der Waals surface area contributed by atoms with Crippen LogP contribution in [0.2, 0.25) is 0 Å². The number of amides is 1. The first-order valence-corrected chi connectivity index (χ1v) is 5.25. The van der Waals surface area contributed by atoms with Gasteiger partial charge in [-0.25, -0.2) is 0 Å². The average molecular weight is 215 g/mol. The first kappa shape index (κ1) is 12.0. The zero-order valence-corrected chi connectivity index (χ0v) is 8.86. The minimum Gasteiger partial charge on any atom is -0.481 e. The van der Waals surface area contributed by atoms with Crippen LogP contribution < -0.4 is 5.32 Å². The molecule has 1 heterocycles. The van der Waals surface area contributed by atoms with Gasteiger partial charge < -0.3 is 15.2 Å². The number of hydrogen-bond acceptors (Lipinski definition) is 3. The van der Waals surface area contributed by atoms with Crippen LogP contribution in [0.5, 0.6) is 0 Å². The SMILES string of the molecule is CCCCC(=O)NC1COCC1C(=O)O. The maximum Gasteiger partial charge on any atom is 0.311 e. The largest absolute Gasteiger partial charge is 0.481 e. The van der Waals surface area contributed by atoms with Crippen LogP contribution >= 0.6 is 0 Å². The van der Waals surface area contributed by atoms with Crippen LogP contribution in [0.3, 0.4) is 0 Å². The Balaban J connectivity index is 2.36. The monoisotopic (exact) mass is 215 g/mol. The molecule has 86 valence electrons. The molecule has 0 radical (unpaired) electrons. The van der Waals surface area contributed by atoms with Gasteiger partial charge in [-0.05, 0) is 6.42 Å². The van der Waals surface area contributed by atoms with E-state index in [1.54, 1.807) is 0 Å². The van der Waals surface area contributed by atoms with Crippen molar-refractivity contribution < 1.29 is 19.4 Å². The highest BCUT2D eigenvalue weighted by Crippen LogP contribution is 2.14. The molecule has 5 heteroatoms. The highest BCUT2D eigenvalue weighted by Gasteiger charge is 2.34. The fourth-order valence-electron chi connectivity index (χ4n) is 1.56. The van der Waals surface area contributed by atoms with Gasteiger partial charge in [0, 0.05) is 6.42 Å². The summed E-state index contributed by atoms with van der Waals surface area (Å²) in [6.07, 6.45) is 2.24. The van der Waals surface area contributed by atoms with Crippen LogP contribution in [0.25, 0.3) is 0 Å². The minimum absolute atomic E-state index is 0.0846. The lowest BCUT2D eigenvalue weighted by atomic mass is 10.0. The zero-order valence-electron chi connectivity index (χ0n) is 8.86. The van der Waals surface area contributed by atoms with Crippen molar-refractivity contribution in [2.24, 2.45) is 5.92 Å². The number of ether oxygens (including phenoxy) is 1. The van der Waals surface area contributed by atoms with Crippen LogP contribution in [0.4, 0.5) is 0 Å². The van der Waals surface area contributed by atoms with Gasteiger partial charge in [0.2, 0.25) is 5.91 Å². The van der Waals surface area contributed by atoms with Crippen LogP contribution in [0.1, 0.15) is 26.2 Å². The van der Waals surface area contributed by atoms with E-state index in [1.807, 2.05) is 6.92 Å². The van der Waals surface area contributed by atoms with E-state index in [1.165, 1.54) is 0 Å². The Morgan fingerprint density at radius 2 is 2.20 bits per heavy atom. The topological polar surface area (TPSA) is 75.6 Å². The van der Waals surface area contributed by atoms with E-state index in [2.05, 4.69) is 5.32 Å². The van der Waals surface area contributed by atoms with Crippen LogP contribution in [0, 0.1) is 5.92 Å². The van der Waals surface area contributed by atoms with Gasteiger partial charge in [0.05, 0.1) is 19.3 Å². The quantitative estimate of drug-likeness (QED) is 0.695. The smallest absolute Gasteiger partial charge is 0.311 e. The Hall–Kier alpha value is -1.10. The highest BCUT2D eigenvalue weighted by molar-refractivity contribution is 5.78. The number of rotatable bonds is 5. The van der Waals surface area contributed by atoms with Crippen molar-refractivity contribution in [3.8, 4) is 0 Å². The Morgan fingerprint density at radius 1 is 1.47 bits per heavy atom. The van der Waals surface area contributed by atoms with Crippen molar-refractivity contribution in [2.45, 2.75) is 32.2 Å². The molecule has 0 aromatic heterocycles. The number of carbonyl (C=O) groups is 2. The van der Waals surface area contributed by atoms with Crippen LogP contribution in [0.15, 0.2) is 0 Å². The van der Waals surface area contributed by atoms with E-state index in [4.69, 9.17) is 9.84 Å². The molecule has 0 aliphatic carbocycles. The fourth-order valence-corrected chi connectivity index (χ4v) is 1.56. The van der Waals surface area contributed by atoms with Crippen molar-refractivity contribution in [1.29, 1.82) is 0 Å². The van der Waals surface area contributed by atoms with Crippen molar-refractivity contribution in [2.75, 3.05) is 13.2 Å². The Labute approximate surface area is 88.8 Å². The molecule has 1 saturated heterocycles. The second-order valence-electron chi connectivity index (χ2n) is 3.76. The predicted molar refractivity (Wildman–Crippen MR) is 53.4 cm³/mol. The summed E-state index contributed by atoms with van der Waals surface area (Å²) >= 11 is 0. The molecule has 2 N–H and O–H groups in total. The molecule has 0 saturated carbocycles. The first-order valence-electron chi connectivity index (χ1n) is 5.25. The number of unbranched alkanes of at least 4 members (excludes halogenated alkanes) is 1. The number of carbonyl (C=O) groups excluding carboxylic acids is 1. The predicted octanol–water partition coefficient (Wildman–Crippen LogP) is 0.392. The molecule has 2 unspecified atom stereocenters. The molecule has 1 amide bonds. The molecule has 2 atom stereocenters. The summed E-state index contributed by atoms with van der Waals surface area (Å²) in [6, 6.07) is -0.369. The highest BCUT2D eigenvalue weighted by atomic mass is 16.5. The Morgan fingerprint density at radius 3 is 2.80 bits per heavy atom. The summed E-state index contributed by atoms with van der Waals surface area (Å²) in [4.78, 5) is 22.1. The third kappa shape index (κ3) is 3.51. The molecule has 1 aliphatic heterocycles. The Bertz CT molecular complexity index is 242. The molecule has 0 spiro atoms. The molecule has 1 rings (SSSR count). The third-order valence-electron chi connectivity index (χ3n) is 2.50. The summed E-state index contributed by atoms with van der Waals surface area (Å²) < 4.78 is 5.04. The molecular weight excluding hydrogens is 198 g/mol. The summed E-state index contributed by atoms with van der Waals surface area (Å²) in [6.45, 7) is 2.49. The molecule has 15 heavy (non-hydrogen) atoms. The van der Waals surface area contributed by atoms with Gasteiger partial charge in [0.15, 0.2) is 0 Å². The lowest BCUT2D eigenvalue weighted by Crippen LogP contribution is -2.42.